The van der Waals surface area contributed by atoms with Crippen LogP contribution in [0.25, 0.3) is 0 Å². The SMILES string of the molecule is CC.CN1C(=O)C2(CCCN(C(=O)OC(C)(C)C)C2)c2ccccc21. The van der Waals surface area contributed by atoms with Gasteiger partial charge >= 0.3 is 6.09 Å². The number of carbonyl (C=O) groups excluding carboxylic acids is 2. The van der Waals surface area contributed by atoms with Gasteiger partial charge in [0, 0.05) is 25.8 Å². The summed E-state index contributed by atoms with van der Waals surface area (Å²) in [6, 6.07) is 7.87. The smallest absolute Gasteiger partial charge is 0.410 e. The highest BCUT2D eigenvalue weighted by Crippen LogP contribution is 2.46. The number of nitrogens with zero attached hydrogens (tertiary/aromatic N) is 2. The van der Waals surface area contributed by atoms with Crippen LogP contribution in [0, 0.1) is 0 Å². The summed E-state index contributed by atoms with van der Waals surface area (Å²) in [6.45, 7) is 10.6. The molecule has 5 nitrogen and oxygen atoms in total. The van der Waals surface area contributed by atoms with Crippen molar-refractivity contribution in [3.63, 3.8) is 0 Å². The second kappa shape index (κ2) is 7.06. The van der Waals surface area contributed by atoms with Crippen LogP contribution in [0.1, 0.15) is 53.0 Å². The highest BCUT2D eigenvalue weighted by molar-refractivity contribution is 6.08. The first-order valence-electron chi connectivity index (χ1n) is 9.10. The van der Waals surface area contributed by atoms with Crippen molar-refractivity contribution in [1.29, 1.82) is 0 Å². The number of amides is 2. The van der Waals surface area contributed by atoms with Gasteiger partial charge in [-0.15, -0.1) is 0 Å². The molecule has 0 aromatic heterocycles. The molecule has 138 valence electrons. The van der Waals surface area contributed by atoms with Crippen LogP contribution in [0.4, 0.5) is 10.5 Å². The summed E-state index contributed by atoms with van der Waals surface area (Å²) < 4.78 is 5.49. The van der Waals surface area contributed by atoms with Crippen molar-refractivity contribution in [2.45, 2.75) is 58.5 Å². The van der Waals surface area contributed by atoms with Crippen LogP contribution in [0.2, 0.25) is 0 Å². The maximum Gasteiger partial charge on any atom is 0.410 e. The Balaban J connectivity index is 0.00000109. The first-order chi connectivity index (χ1) is 11.7. The Morgan fingerprint density at radius 2 is 1.84 bits per heavy atom. The van der Waals surface area contributed by atoms with Gasteiger partial charge in [0.1, 0.15) is 5.60 Å². The van der Waals surface area contributed by atoms with E-state index in [9.17, 15) is 9.59 Å². The standard InChI is InChI=1S/C18H24N2O3.C2H6/c1-17(2,3)23-16(22)20-11-7-10-18(12-20)13-8-5-6-9-14(13)19(4)15(18)21;1-2/h5-6,8-9H,7,10-12H2,1-4H3;1-2H3. The van der Waals surface area contributed by atoms with E-state index < -0.39 is 11.0 Å². The van der Waals surface area contributed by atoms with Gasteiger partial charge in [0.15, 0.2) is 0 Å². The Morgan fingerprint density at radius 3 is 2.48 bits per heavy atom. The van der Waals surface area contributed by atoms with Crippen molar-refractivity contribution in [3.8, 4) is 0 Å². The van der Waals surface area contributed by atoms with E-state index in [1.165, 1.54) is 0 Å². The van der Waals surface area contributed by atoms with E-state index in [-0.39, 0.29) is 12.0 Å². The number of para-hydroxylation sites is 1. The number of benzene rings is 1. The summed E-state index contributed by atoms with van der Waals surface area (Å²) >= 11 is 0. The minimum atomic E-state index is -0.625. The normalized spacial score (nSPS) is 22.4. The molecule has 0 radical (unpaired) electrons. The van der Waals surface area contributed by atoms with Gasteiger partial charge in [0.2, 0.25) is 5.91 Å². The molecule has 1 unspecified atom stereocenters. The largest absolute Gasteiger partial charge is 0.444 e. The molecule has 1 atom stereocenters. The van der Waals surface area contributed by atoms with Crippen LogP contribution in [0.5, 0.6) is 0 Å². The fourth-order valence-electron chi connectivity index (χ4n) is 3.65. The molecule has 1 aromatic rings. The van der Waals surface area contributed by atoms with Gasteiger partial charge in [-0.1, -0.05) is 32.0 Å². The second-order valence-corrected chi connectivity index (χ2v) is 7.47. The molecule has 0 aliphatic carbocycles. The zero-order valence-electron chi connectivity index (χ0n) is 16.3. The van der Waals surface area contributed by atoms with Crippen LogP contribution in [-0.2, 0) is 14.9 Å². The second-order valence-electron chi connectivity index (χ2n) is 7.47. The van der Waals surface area contributed by atoms with Gasteiger partial charge in [-0.2, -0.15) is 0 Å². The highest BCUT2D eigenvalue weighted by atomic mass is 16.6. The number of piperidine rings is 1. The zero-order chi connectivity index (χ0) is 18.8. The lowest BCUT2D eigenvalue weighted by Crippen LogP contribution is -2.53. The van der Waals surface area contributed by atoms with Gasteiger partial charge < -0.3 is 14.5 Å². The summed E-state index contributed by atoms with van der Waals surface area (Å²) in [6.07, 6.45) is 1.23. The Morgan fingerprint density at radius 1 is 1.20 bits per heavy atom. The van der Waals surface area contributed by atoms with Gasteiger partial charge in [-0.3, -0.25) is 4.79 Å². The maximum atomic E-state index is 12.9. The highest BCUT2D eigenvalue weighted by Gasteiger charge is 2.52. The first-order valence-corrected chi connectivity index (χ1v) is 9.10. The Bertz CT molecular complexity index is 651. The number of likely N-dealkylation sites (N-methyl/N-ethyl adjacent to an activating group) is 1. The van der Waals surface area contributed by atoms with Crippen LogP contribution >= 0.6 is 0 Å². The van der Waals surface area contributed by atoms with E-state index in [4.69, 9.17) is 4.74 Å². The lowest BCUT2D eigenvalue weighted by Gasteiger charge is -2.39. The summed E-state index contributed by atoms with van der Waals surface area (Å²) in [7, 11) is 1.81. The predicted molar refractivity (Wildman–Crippen MR) is 99.9 cm³/mol. The maximum absolute atomic E-state index is 12.9. The molecule has 2 aliphatic heterocycles. The quantitative estimate of drug-likeness (QED) is 0.714. The van der Waals surface area contributed by atoms with Gasteiger partial charge in [0.05, 0.1) is 5.41 Å². The summed E-state index contributed by atoms with van der Waals surface area (Å²) in [5, 5.41) is 0. The average Bonchev–Trinajstić information content (AvgIpc) is 2.78. The third-order valence-electron chi connectivity index (χ3n) is 4.64. The monoisotopic (exact) mass is 346 g/mol. The van der Waals surface area contributed by atoms with E-state index in [1.54, 1.807) is 9.80 Å². The van der Waals surface area contributed by atoms with Crippen LogP contribution < -0.4 is 4.90 Å². The van der Waals surface area contributed by atoms with E-state index in [2.05, 4.69) is 0 Å². The lowest BCUT2D eigenvalue weighted by atomic mass is 9.75. The van der Waals surface area contributed by atoms with Crippen LogP contribution in [0.15, 0.2) is 24.3 Å². The van der Waals surface area contributed by atoms with Crippen molar-refractivity contribution in [2.24, 2.45) is 0 Å². The molecular formula is C20H30N2O3. The van der Waals surface area contributed by atoms with E-state index in [0.717, 1.165) is 24.1 Å². The van der Waals surface area contributed by atoms with Gasteiger partial charge in [-0.05, 0) is 45.2 Å². The number of hydrogen-bond acceptors (Lipinski definition) is 3. The van der Waals surface area contributed by atoms with Crippen molar-refractivity contribution in [3.05, 3.63) is 29.8 Å². The minimum absolute atomic E-state index is 0.0759. The van der Waals surface area contributed by atoms with E-state index in [1.807, 2.05) is 65.9 Å². The summed E-state index contributed by atoms with van der Waals surface area (Å²) in [4.78, 5) is 28.8. The molecule has 0 N–H and O–H groups in total. The van der Waals surface area contributed by atoms with E-state index >= 15 is 0 Å². The molecule has 0 saturated carbocycles. The predicted octanol–water partition coefficient (Wildman–Crippen LogP) is 3.96. The molecular weight excluding hydrogens is 316 g/mol. The van der Waals surface area contributed by atoms with Crippen molar-refractivity contribution < 1.29 is 14.3 Å². The Hall–Kier alpha value is -2.04. The van der Waals surface area contributed by atoms with Gasteiger partial charge in [0.25, 0.3) is 0 Å². The molecule has 5 heteroatoms. The number of carbonyl (C=O) groups is 2. The van der Waals surface area contributed by atoms with Crippen LogP contribution in [-0.4, -0.2) is 42.6 Å². The number of fused-ring (bicyclic) bond motifs is 2. The summed E-state index contributed by atoms with van der Waals surface area (Å²) in [5.74, 6) is 0.0759. The molecule has 1 fully saturated rings. The topological polar surface area (TPSA) is 49.9 Å². The average molecular weight is 346 g/mol. The molecule has 0 bridgehead atoms. The Labute approximate surface area is 150 Å². The van der Waals surface area contributed by atoms with Crippen molar-refractivity contribution in [1.82, 2.24) is 4.90 Å². The fourth-order valence-corrected chi connectivity index (χ4v) is 3.65. The Kier molecular flexibility index (Phi) is 5.45. The van der Waals surface area contributed by atoms with Crippen LogP contribution in [0.3, 0.4) is 0 Å². The molecule has 2 aliphatic rings. The fraction of sp³-hybridized carbons (Fsp3) is 0.600. The zero-order valence-corrected chi connectivity index (χ0v) is 16.3. The molecule has 1 spiro atoms. The third kappa shape index (κ3) is 3.51. The molecule has 2 heterocycles. The van der Waals surface area contributed by atoms with Crippen molar-refractivity contribution in [2.75, 3.05) is 25.0 Å². The number of likely N-dealkylation sites (tertiary alicyclic amines) is 1. The molecule has 2 amide bonds. The number of anilines is 1. The lowest BCUT2D eigenvalue weighted by molar-refractivity contribution is -0.124. The number of hydrogen-bond donors (Lipinski definition) is 0. The van der Waals surface area contributed by atoms with E-state index in [0.29, 0.717) is 13.1 Å². The number of rotatable bonds is 0. The van der Waals surface area contributed by atoms with Gasteiger partial charge in [-0.25, -0.2) is 4.79 Å². The minimum Gasteiger partial charge on any atom is -0.444 e. The number of ether oxygens (including phenoxy) is 1. The molecule has 25 heavy (non-hydrogen) atoms. The first kappa shape index (κ1) is 19.3. The van der Waals surface area contributed by atoms with Crippen molar-refractivity contribution >= 4 is 17.7 Å². The molecule has 3 rings (SSSR count). The summed E-state index contributed by atoms with van der Waals surface area (Å²) in [5.41, 5.74) is 0.820. The molecule has 1 saturated heterocycles. The molecule has 1 aromatic carbocycles. The third-order valence-corrected chi connectivity index (χ3v) is 4.64.